The molecule has 3 aromatic heterocycles. The number of nitrogens with zero attached hydrogens (tertiary/aromatic N) is 4. The average Bonchev–Trinajstić information content (AvgIpc) is 3.35. The third-order valence-corrected chi connectivity index (χ3v) is 11.3. The molecule has 0 amide bonds. The van der Waals surface area contributed by atoms with E-state index < -0.39 is 0 Å². The largest absolute Gasteiger partial charge is 1.00 e. The Morgan fingerprint density at radius 2 is 0.478 bits per heavy atom. The molecular formula is C54H45Cl3N10. The summed E-state index contributed by atoms with van der Waals surface area (Å²) in [6, 6.07) is 61.3. The second kappa shape index (κ2) is 21.2. The number of benzene rings is 6. The number of hydrogen-bond acceptors (Lipinski definition) is 4. The highest BCUT2D eigenvalue weighted by atomic mass is 35.5. The fraction of sp³-hybridized carbons (Fsp3) is 0. The van der Waals surface area contributed by atoms with Gasteiger partial charge in [0.05, 0.1) is 0 Å². The first-order chi connectivity index (χ1) is 31.2. The van der Waals surface area contributed by atoms with Crippen molar-refractivity contribution >= 4 is 34.6 Å². The molecule has 0 saturated carbocycles. The van der Waals surface area contributed by atoms with Crippen molar-refractivity contribution < 1.29 is 50.9 Å². The van der Waals surface area contributed by atoms with Crippen LogP contribution in [0.25, 0.3) is 50.4 Å². The van der Waals surface area contributed by atoms with Crippen molar-refractivity contribution in [3.8, 4) is 50.4 Å². The third-order valence-electron chi connectivity index (χ3n) is 11.3. The van der Waals surface area contributed by atoms with Gasteiger partial charge in [0, 0.05) is 107 Å². The van der Waals surface area contributed by atoms with E-state index in [0.717, 1.165) is 67.5 Å². The molecule has 9 N–H and O–H groups in total. The zero-order valence-electron chi connectivity index (χ0n) is 35.9. The van der Waals surface area contributed by atoms with E-state index in [2.05, 4.69) is 165 Å². The Balaban J connectivity index is 0.00000247. The van der Waals surface area contributed by atoms with Crippen molar-refractivity contribution in [3.63, 3.8) is 0 Å². The standard InChI is InChI=1S/C54H45N10.3ClH/c55-52(56)43-7-1-37(2-8-43)40-25-31-61(32-26-40)46-13-19-49(20-14-46)64(50-21-15-47(16-22-50)62-33-27-41(28-34-62)38-3-9-44(10-4-38)53(57)58)51-23-17-48(18-24-51)63-35-29-42(30-36-63)39-5-11-45(12-6-39)54(59)60;;;/h1-36H,(H3,55,56)(H3,57,58)(H3,59,60);3*1H/q+3;;;/p-3. The van der Waals surface area contributed by atoms with E-state index in [1.165, 1.54) is 0 Å². The van der Waals surface area contributed by atoms with Crippen LogP contribution in [-0.4, -0.2) is 17.5 Å². The van der Waals surface area contributed by atoms with Gasteiger partial charge in [-0.3, -0.25) is 16.2 Å². The first kappa shape index (κ1) is 48.3. The molecule has 9 aromatic rings. The van der Waals surface area contributed by atoms with Crippen molar-refractivity contribution in [1.29, 1.82) is 16.2 Å². The van der Waals surface area contributed by atoms with Crippen LogP contribution in [-0.2, 0) is 0 Å². The van der Waals surface area contributed by atoms with E-state index in [-0.39, 0.29) is 54.7 Å². The number of rotatable bonds is 12. The van der Waals surface area contributed by atoms with Crippen molar-refractivity contribution in [1.82, 2.24) is 0 Å². The van der Waals surface area contributed by atoms with E-state index in [4.69, 9.17) is 33.4 Å². The molecule has 0 aliphatic rings. The zero-order chi connectivity index (χ0) is 44.2. The molecule has 332 valence electrons. The monoisotopic (exact) mass is 938 g/mol. The van der Waals surface area contributed by atoms with Crippen LogP contribution in [0, 0.1) is 16.2 Å². The second-order valence-corrected chi connectivity index (χ2v) is 15.3. The molecule has 0 unspecified atom stereocenters. The maximum atomic E-state index is 7.69. The van der Waals surface area contributed by atoms with Crippen molar-refractivity contribution in [3.05, 3.63) is 236 Å². The summed E-state index contributed by atoms with van der Waals surface area (Å²) < 4.78 is 6.29. The predicted molar refractivity (Wildman–Crippen MR) is 255 cm³/mol. The molecule has 0 aliphatic heterocycles. The van der Waals surface area contributed by atoms with Gasteiger partial charge in [0.1, 0.15) is 17.5 Å². The molecule has 3 heterocycles. The van der Waals surface area contributed by atoms with E-state index >= 15 is 0 Å². The number of halogens is 3. The van der Waals surface area contributed by atoms with Crippen LogP contribution in [0.5, 0.6) is 0 Å². The smallest absolute Gasteiger partial charge is 0.210 e. The summed E-state index contributed by atoms with van der Waals surface area (Å²) in [5.41, 5.74) is 31.6. The van der Waals surface area contributed by atoms with Crippen LogP contribution in [0.3, 0.4) is 0 Å². The van der Waals surface area contributed by atoms with Gasteiger partial charge >= 0.3 is 0 Å². The van der Waals surface area contributed by atoms with Crippen LogP contribution < -0.4 is 73.0 Å². The molecule has 10 nitrogen and oxygen atoms in total. The van der Waals surface area contributed by atoms with Gasteiger partial charge in [0.25, 0.3) is 0 Å². The Morgan fingerprint density at radius 1 is 0.284 bits per heavy atom. The summed E-state index contributed by atoms with van der Waals surface area (Å²) in [6.45, 7) is 0. The molecule has 9 rings (SSSR count). The number of hydrogen-bond donors (Lipinski definition) is 6. The molecule has 0 spiro atoms. The molecule has 0 radical (unpaired) electrons. The Bertz CT molecular complexity index is 2770. The number of amidine groups is 3. The molecule has 13 heteroatoms. The van der Waals surface area contributed by atoms with Crippen molar-refractivity contribution in [2.45, 2.75) is 0 Å². The minimum Gasteiger partial charge on any atom is -1.00 e. The highest BCUT2D eigenvalue weighted by molar-refractivity contribution is 5.96. The van der Waals surface area contributed by atoms with E-state index in [9.17, 15) is 0 Å². The number of pyridine rings is 3. The summed E-state index contributed by atoms with van der Waals surface area (Å²) in [5.74, 6) is 0.172. The molecule has 0 aliphatic carbocycles. The van der Waals surface area contributed by atoms with Crippen LogP contribution in [0.15, 0.2) is 219 Å². The lowest BCUT2D eigenvalue weighted by atomic mass is 10.0. The number of nitrogens with one attached hydrogen (secondary N) is 3. The van der Waals surface area contributed by atoms with Crippen molar-refractivity contribution in [2.75, 3.05) is 4.90 Å². The topological polar surface area (TPSA) is 164 Å². The van der Waals surface area contributed by atoms with Crippen molar-refractivity contribution in [2.24, 2.45) is 17.2 Å². The van der Waals surface area contributed by atoms with Crippen LogP contribution >= 0.6 is 0 Å². The Morgan fingerprint density at radius 3 is 0.672 bits per heavy atom. The Hall–Kier alpha value is -8.15. The van der Waals surface area contributed by atoms with Crippen LogP contribution in [0.1, 0.15) is 16.7 Å². The van der Waals surface area contributed by atoms with Gasteiger partial charge in [-0.05, 0) is 69.8 Å². The van der Waals surface area contributed by atoms with Gasteiger partial charge in [-0.1, -0.05) is 72.8 Å². The number of nitrogens with two attached hydrogens (primary N) is 3. The van der Waals surface area contributed by atoms with Gasteiger partial charge < -0.3 is 59.3 Å². The summed E-state index contributed by atoms with van der Waals surface area (Å²) in [5, 5.41) is 23.1. The lowest BCUT2D eigenvalue weighted by Gasteiger charge is -2.25. The van der Waals surface area contributed by atoms with Gasteiger partial charge in [0.2, 0.25) is 17.1 Å². The lowest BCUT2D eigenvalue weighted by molar-refractivity contribution is -0.595. The second-order valence-electron chi connectivity index (χ2n) is 15.3. The molecule has 6 aromatic carbocycles. The van der Waals surface area contributed by atoms with Gasteiger partial charge in [-0.15, -0.1) is 0 Å². The number of nitrogen functional groups attached to an aromatic ring is 3. The van der Waals surface area contributed by atoms with Gasteiger partial charge in [0.15, 0.2) is 37.2 Å². The highest BCUT2D eigenvalue weighted by Gasteiger charge is 2.18. The molecule has 67 heavy (non-hydrogen) atoms. The quantitative estimate of drug-likeness (QED) is 0.0572. The summed E-state index contributed by atoms with van der Waals surface area (Å²) in [4.78, 5) is 2.26. The van der Waals surface area contributed by atoms with Gasteiger partial charge in [-0.25, -0.2) is 0 Å². The molecule has 0 saturated heterocycles. The maximum absolute atomic E-state index is 7.69. The first-order valence-electron chi connectivity index (χ1n) is 20.7. The summed E-state index contributed by atoms with van der Waals surface area (Å²) >= 11 is 0. The fourth-order valence-electron chi connectivity index (χ4n) is 7.67. The van der Waals surface area contributed by atoms with E-state index in [1.54, 1.807) is 0 Å². The SMILES string of the molecule is N=C(N)c1ccc(-c2cc[n+](-c3ccc(N(c4ccc(-[n+]5ccc(-c6ccc(C(=N)N)cc6)cc5)cc4)c4ccc(-[n+]5ccc(-c6ccc(C(=N)N)cc6)cc5)cc4)cc3)cc2)cc1.[Cl-].[Cl-].[Cl-]. The van der Waals surface area contributed by atoms with E-state index in [0.29, 0.717) is 16.7 Å². The molecule has 0 bridgehead atoms. The zero-order valence-corrected chi connectivity index (χ0v) is 38.2. The first-order valence-corrected chi connectivity index (χ1v) is 20.7. The average molecular weight is 940 g/mol. The highest BCUT2D eigenvalue weighted by Crippen LogP contribution is 2.35. The maximum Gasteiger partial charge on any atom is 0.210 e. The minimum absolute atomic E-state index is 0. The lowest BCUT2D eigenvalue weighted by Crippen LogP contribution is -3.00. The predicted octanol–water partition coefficient (Wildman–Crippen LogP) is -0.148. The number of aromatic nitrogens is 3. The molecule has 0 fully saturated rings. The Labute approximate surface area is 408 Å². The normalized spacial score (nSPS) is 10.4. The van der Waals surface area contributed by atoms with Crippen LogP contribution in [0.2, 0.25) is 0 Å². The summed E-state index contributed by atoms with van der Waals surface area (Å²) in [6.07, 6.45) is 12.3. The minimum atomic E-state index is 0. The Kier molecular flexibility index (Phi) is 15.3. The summed E-state index contributed by atoms with van der Waals surface area (Å²) in [7, 11) is 0. The molecular weight excluding hydrogens is 895 g/mol. The van der Waals surface area contributed by atoms with Crippen LogP contribution in [0.4, 0.5) is 17.1 Å². The third kappa shape index (κ3) is 10.7. The fourth-order valence-corrected chi connectivity index (χ4v) is 7.67. The number of anilines is 3. The molecule has 0 atom stereocenters. The van der Waals surface area contributed by atoms with E-state index in [1.807, 2.05) is 72.8 Å². The van der Waals surface area contributed by atoms with Gasteiger partial charge in [-0.2, -0.15) is 13.7 Å².